The van der Waals surface area contributed by atoms with Gasteiger partial charge in [0.15, 0.2) is 0 Å². The molecule has 2 aromatic heterocycles. The van der Waals surface area contributed by atoms with Gasteiger partial charge in [0.2, 0.25) is 0 Å². The summed E-state index contributed by atoms with van der Waals surface area (Å²) in [6.07, 6.45) is 5.91. The number of carbonyl (C=O) groups excluding carboxylic acids is 1. The van der Waals surface area contributed by atoms with Crippen molar-refractivity contribution in [2.24, 2.45) is 0 Å². The van der Waals surface area contributed by atoms with Crippen molar-refractivity contribution in [3.63, 3.8) is 0 Å². The molecule has 1 saturated heterocycles. The van der Waals surface area contributed by atoms with Gasteiger partial charge < -0.3 is 15.3 Å². The highest BCUT2D eigenvalue weighted by Gasteiger charge is 2.23. The van der Waals surface area contributed by atoms with Gasteiger partial charge in [-0.25, -0.2) is 9.37 Å². The van der Waals surface area contributed by atoms with Crippen LogP contribution in [-0.4, -0.2) is 45.4 Å². The predicted octanol–water partition coefficient (Wildman–Crippen LogP) is 3.28. The van der Waals surface area contributed by atoms with E-state index in [0.29, 0.717) is 24.0 Å². The van der Waals surface area contributed by atoms with Crippen LogP contribution in [0.25, 0.3) is 11.3 Å². The lowest BCUT2D eigenvalue weighted by atomic mass is 9.99. The number of carbonyl (C=O) groups is 1. The Labute approximate surface area is 180 Å². The van der Waals surface area contributed by atoms with Gasteiger partial charge in [0.25, 0.3) is 5.91 Å². The van der Waals surface area contributed by atoms with Crippen molar-refractivity contribution in [1.29, 1.82) is 0 Å². The van der Waals surface area contributed by atoms with E-state index in [1.807, 2.05) is 12.1 Å². The van der Waals surface area contributed by atoms with Crippen molar-refractivity contribution >= 4 is 11.7 Å². The number of pyridine rings is 1. The monoisotopic (exact) mass is 423 g/mol. The van der Waals surface area contributed by atoms with Crippen molar-refractivity contribution in [2.75, 3.05) is 18.1 Å². The van der Waals surface area contributed by atoms with Crippen molar-refractivity contribution in [1.82, 2.24) is 20.5 Å². The third kappa shape index (κ3) is 5.08. The highest BCUT2D eigenvalue weighted by Crippen LogP contribution is 2.25. The Bertz CT molecular complexity index is 1000. The number of rotatable bonds is 7. The molecule has 8 heteroatoms. The minimum absolute atomic E-state index is 0.182. The molecule has 1 atom stereocenters. The lowest BCUT2D eigenvalue weighted by Gasteiger charge is -2.36. The molecule has 1 fully saturated rings. The number of aromatic nitrogens is 3. The third-order valence-electron chi connectivity index (χ3n) is 5.61. The number of anilines is 1. The highest BCUT2D eigenvalue weighted by molar-refractivity contribution is 5.93. The number of aromatic amines is 1. The molecule has 4 rings (SSSR count). The molecule has 1 aliphatic heterocycles. The molecule has 3 aromatic rings. The van der Waals surface area contributed by atoms with Crippen LogP contribution in [0.2, 0.25) is 0 Å². The molecule has 3 N–H and O–H groups in total. The number of nitrogens with one attached hydrogen (secondary N) is 2. The molecule has 0 radical (unpaired) electrons. The number of amides is 1. The lowest BCUT2D eigenvalue weighted by Crippen LogP contribution is -2.40. The largest absolute Gasteiger partial charge is 0.396 e. The van der Waals surface area contributed by atoms with Crippen LogP contribution in [-0.2, 0) is 6.54 Å². The summed E-state index contributed by atoms with van der Waals surface area (Å²) >= 11 is 0. The van der Waals surface area contributed by atoms with Gasteiger partial charge >= 0.3 is 0 Å². The first-order valence-electron chi connectivity index (χ1n) is 10.6. The van der Waals surface area contributed by atoms with Crippen LogP contribution in [0.1, 0.15) is 41.7 Å². The maximum absolute atomic E-state index is 13.1. The molecular weight excluding hydrogens is 397 g/mol. The summed E-state index contributed by atoms with van der Waals surface area (Å²) < 4.78 is 13.1. The Morgan fingerprint density at radius 2 is 2.06 bits per heavy atom. The molecule has 3 heterocycles. The zero-order valence-electron chi connectivity index (χ0n) is 17.2. The fraction of sp³-hybridized carbons (Fsp3) is 0.348. The van der Waals surface area contributed by atoms with Crippen LogP contribution in [0.4, 0.5) is 10.2 Å². The van der Waals surface area contributed by atoms with Crippen molar-refractivity contribution in [3.05, 3.63) is 65.7 Å². The first kappa shape index (κ1) is 21.0. The number of hydrogen-bond acceptors (Lipinski definition) is 5. The van der Waals surface area contributed by atoms with E-state index in [-0.39, 0.29) is 18.3 Å². The van der Waals surface area contributed by atoms with Crippen LogP contribution < -0.4 is 10.2 Å². The number of hydrogen-bond donors (Lipinski definition) is 3. The van der Waals surface area contributed by atoms with E-state index in [0.717, 1.165) is 42.8 Å². The molecule has 162 valence electrons. The Balaban J connectivity index is 1.35. The number of halogens is 1. The van der Waals surface area contributed by atoms with Gasteiger partial charge in [0, 0.05) is 37.5 Å². The van der Waals surface area contributed by atoms with Gasteiger partial charge in [-0.3, -0.25) is 9.89 Å². The van der Waals surface area contributed by atoms with E-state index >= 15 is 0 Å². The Morgan fingerprint density at radius 1 is 1.23 bits per heavy atom. The number of piperidine rings is 1. The molecule has 1 aromatic carbocycles. The molecule has 0 bridgehead atoms. The SMILES string of the molecule is O=C(NCc1ccc(N2CCCC[C@@H]2CCO)nc1)c1cc(-c2ccc(F)cc2)n[nH]1. The minimum Gasteiger partial charge on any atom is -0.396 e. The van der Waals surface area contributed by atoms with E-state index in [2.05, 4.69) is 25.4 Å². The van der Waals surface area contributed by atoms with Gasteiger partial charge in [-0.2, -0.15) is 5.10 Å². The molecule has 0 unspecified atom stereocenters. The van der Waals surface area contributed by atoms with Crippen molar-refractivity contribution < 1.29 is 14.3 Å². The van der Waals surface area contributed by atoms with E-state index < -0.39 is 0 Å². The normalized spacial score (nSPS) is 16.3. The molecule has 0 aliphatic carbocycles. The second-order valence-corrected chi connectivity index (χ2v) is 7.74. The van der Waals surface area contributed by atoms with E-state index in [1.165, 1.54) is 18.6 Å². The molecular formula is C23H26FN5O2. The summed E-state index contributed by atoms with van der Waals surface area (Å²) in [7, 11) is 0. The quantitative estimate of drug-likeness (QED) is 0.542. The molecule has 1 amide bonds. The van der Waals surface area contributed by atoms with Gasteiger partial charge in [0.05, 0.1) is 5.69 Å². The van der Waals surface area contributed by atoms with Crippen LogP contribution in [0.5, 0.6) is 0 Å². The summed E-state index contributed by atoms with van der Waals surface area (Å²) in [6, 6.07) is 11.9. The summed E-state index contributed by atoms with van der Waals surface area (Å²) in [4.78, 5) is 19.3. The van der Waals surface area contributed by atoms with E-state index in [4.69, 9.17) is 0 Å². The topological polar surface area (TPSA) is 94.1 Å². The fourth-order valence-electron chi connectivity index (χ4n) is 3.93. The van der Waals surface area contributed by atoms with Crippen LogP contribution >= 0.6 is 0 Å². The van der Waals surface area contributed by atoms with Crippen LogP contribution in [0.3, 0.4) is 0 Å². The first-order chi connectivity index (χ1) is 15.1. The number of benzene rings is 1. The molecule has 0 saturated carbocycles. The van der Waals surface area contributed by atoms with Crippen LogP contribution in [0.15, 0.2) is 48.7 Å². The van der Waals surface area contributed by atoms with Crippen LogP contribution in [0, 0.1) is 5.82 Å². The first-order valence-corrected chi connectivity index (χ1v) is 10.6. The zero-order chi connectivity index (χ0) is 21.6. The van der Waals surface area contributed by atoms with E-state index in [9.17, 15) is 14.3 Å². The molecule has 1 aliphatic rings. The van der Waals surface area contributed by atoms with E-state index in [1.54, 1.807) is 24.4 Å². The smallest absolute Gasteiger partial charge is 0.269 e. The summed E-state index contributed by atoms with van der Waals surface area (Å²) in [5.74, 6) is 0.316. The Kier molecular flexibility index (Phi) is 6.57. The average molecular weight is 423 g/mol. The highest BCUT2D eigenvalue weighted by atomic mass is 19.1. The summed E-state index contributed by atoms with van der Waals surface area (Å²) in [5.41, 5.74) is 2.54. The van der Waals surface area contributed by atoms with Gasteiger partial charge in [-0.1, -0.05) is 6.07 Å². The second-order valence-electron chi connectivity index (χ2n) is 7.74. The Morgan fingerprint density at radius 3 is 2.81 bits per heavy atom. The van der Waals surface area contributed by atoms with Crippen molar-refractivity contribution in [3.8, 4) is 11.3 Å². The fourth-order valence-corrected chi connectivity index (χ4v) is 3.93. The summed E-state index contributed by atoms with van der Waals surface area (Å²) in [6.45, 7) is 1.48. The summed E-state index contributed by atoms with van der Waals surface area (Å²) in [5, 5.41) is 19.0. The second kappa shape index (κ2) is 9.70. The predicted molar refractivity (Wildman–Crippen MR) is 116 cm³/mol. The maximum atomic E-state index is 13.1. The number of nitrogens with zero attached hydrogens (tertiary/aromatic N) is 3. The third-order valence-corrected chi connectivity index (χ3v) is 5.61. The molecule has 7 nitrogen and oxygen atoms in total. The number of aliphatic hydroxyl groups excluding tert-OH is 1. The molecule has 0 spiro atoms. The van der Waals surface area contributed by atoms with Gasteiger partial charge in [-0.05, 0) is 67.6 Å². The maximum Gasteiger partial charge on any atom is 0.269 e. The molecule has 31 heavy (non-hydrogen) atoms. The zero-order valence-corrected chi connectivity index (χ0v) is 17.2. The Hall–Kier alpha value is -3.26. The minimum atomic E-state index is -0.318. The van der Waals surface area contributed by atoms with Crippen molar-refractivity contribution in [2.45, 2.75) is 38.3 Å². The number of H-pyrrole nitrogens is 1. The van der Waals surface area contributed by atoms with Gasteiger partial charge in [0.1, 0.15) is 17.3 Å². The standard InChI is InChI=1S/C23H26FN5O2/c24-18-7-5-17(6-8-18)20-13-21(28-27-20)23(31)26-15-16-4-9-22(25-14-16)29-11-2-1-3-19(29)10-12-30/h4-9,13-14,19,30H,1-3,10-12,15H2,(H,26,31)(H,27,28)/t19-/m1/s1. The van der Waals surface area contributed by atoms with Gasteiger partial charge in [-0.15, -0.1) is 0 Å². The lowest BCUT2D eigenvalue weighted by molar-refractivity contribution is 0.0946. The number of aliphatic hydroxyl groups is 1. The average Bonchev–Trinajstić information content (AvgIpc) is 3.29.